The Labute approximate surface area is 141 Å². The van der Waals surface area contributed by atoms with Gasteiger partial charge in [0, 0.05) is 23.7 Å². The van der Waals surface area contributed by atoms with Crippen molar-refractivity contribution in [2.45, 2.75) is 71.8 Å². The zero-order valence-corrected chi connectivity index (χ0v) is 15.1. The molecule has 124 valence electrons. The van der Waals surface area contributed by atoms with Crippen LogP contribution < -0.4 is 0 Å². The Morgan fingerprint density at radius 3 is 2.52 bits per heavy atom. The molecule has 0 radical (unpaired) electrons. The van der Waals surface area contributed by atoms with Crippen LogP contribution in [0.5, 0.6) is 0 Å². The summed E-state index contributed by atoms with van der Waals surface area (Å²) in [5.74, 6) is 2.05. The first kappa shape index (κ1) is 16.3. The van der Waals surface area contributed by atoms with E-state index in [1.54, 1.807) is 0 Å². The molecule has 1 aromatic heterocycles. The number of benzene rings is 1. The number of aromatic nitrogens is 2. The number of aryl methyl sites for hydroxylation is 1. The average Bonchev–Trinajstić information content (AvgIpc) is 2.92. The van der Waals surface area contributed by atoms with Gasteiger partial charge in [-0.2, -0.15) is 0 Å². The van der Waals surface area contributed by atoms with Gasteiger partial charge >= 0.3 is 0 Å². The SMILES string of the molecule is Cc1cccc(-c2cn(CC3CCCCC3)c(C(C)(C)C)n2)c1. The van der Waals surface area contributed by atoms with Crippen LogP contribution in [0.15, 0.2) is 30.5 Å². The summed E-state index contributed by atoms with van der Waals surface area (Å²) in [7, 11) is 0. The first-order valence-corrected chi connectivity index (χ1v) is 9.08. The highest BCUT2D eigenvalue weighted by atomic mass is 15.1. The summed E-state index contributed by atoms with van der Waals surface area (Å²) >= 11 is 0. The van der Waals surface area contributed by atoms with E-state index >= 15 is 0 Å². The second-order valence-corrected chi connectivity index (χ2v) is 8.23. The van der Waals surface area contributed by atoms with Crippen LogP contribution in [-0.4, -0.2) is 9.55 Å². The van der Waals surface area contributed by atoms with Crippen LogP contribution in [0, 0.1) is 12.8 Å². The Morgan fingerprint density at radius 1 is 1.13 bits per heavy atom. The molecule has 2 heteroatoms. The predicted octanol–water partition coefficient (Wildman–Crippen LogP) is 5.74. The van der Waals surface area contributed by atoms with Gasteiger partial charge in [0.05, 0.1) is 5.69 Å². The van der Waals surface area contributed by atoms with E-state index in [9.17, 15) is 0 Å². The molecule has 3 rings (SSSR count). The highest BCUT2D eigenvalue weighted by molar-refractivity contribution is 5.59. The van der Waals surface area contributed by atoms with Crippen molar-refractivity contribution in [1.82, 2.24) is 9.55 Å². The smallest absolute Gasteiger partial charge is 0.114 e. The maximum atomic E-state index is 5.02. The lowest BCUT2D eigenvalue weighted by molar-refractivity contribution is 0.309. The molecule has 0 unspecified atom stereocenters. The van der Waals surface area contributed by atoms with Gasteiger partial charge in [0.25, 0.3) is 0 Å². The topological polar surface area (TPSA) is 17.8 Å². The molecule has 1 aliphatic carbocycles. The van der Waals surface area contributed by atoms with E-state index in [-0.39, 0.29) is 5.41 Å². The lowest BCUT2D eigenvalue weighted by Gasteiger charge is -2.25. The van der Waals surface area contributed by atoms with Crippen LogP contribution in [0.2, 0.25) is 0 Å². The van der Waals surface area contributed by atoms with Crippen molar-refractivity contribution in [1.29, 1.82) is 0 Å². The van der Waals surface area contributed by atoms with Gasteiger partial charge in [0.1, 0.15) is 5.82 Å². The lowest BCUT2D eigenvalue weighted by Crippen LogP contribution is -2.22. The molecule has 1 aromatic carbocycles. The fourth-order valence-corrected chi connectivity index (χ4v) is 3.74. The molecule has 2 aromatic rings. The van der Waals surface area contributed by atoms with Gasteiger partial charge in [-0.25, -0.2) is 4.98 Å². The molecule has 1 saturated carbocycles. The fourth-order valence-electron chi connectivity index (χ4n) is 3.74. The molecular weight excluding hydrogens is 280 g/mol. The third-order valence-electron chi connectivity index (χ3n) is 4.94. The number of nitrogens with zero attached hydrogens (tertiary/aromatic N) is 2. The second-order valence-electron chi connectivity index (χ2n) is 8.23. The Hall–Kier alpha value is -1.57. The normalized spacial score (nSPS) is 16.7. The van der Waals surface area contributed by atoms with E-state index in [1.165, 1.54) is 49.1 Å². The van der Waals surface area contributed by atoms with Crippen molar-refractivity contribution in [3.8, 4) is 11.3 Å². The van der Waals surface area contributed by atoms with Gasteiger partial charge in [-0.05, 0) is 31.7 Å². The van der Waals surface area contributed by atoms with E-state index in [0.29, 0.717) is 0 Å². The van der Waals surface area contributed by atoms with Crippen LogP contribution in [-0.2, 0) is 12.0 Å². The lowest BCUT2D eigenvalue weighted by atomic mass is 9.88. The maximum absolute atomic E-state index is 5.02. The van der Waals surface area contributed by atoms with Crippen molar-refractivity contribution in [3.05, 3.63) is 41.9 Å². The van der Waals surface area contributed by atoms with E-state index < -0.39 is 0 Å². The van der Waals surface area contributed by atoms with Gasteiger partial charge < -0.3 is 4.57 Å². The Balaban J connectivity index is 1.93. The van der Waals surface area contributed by atoms with Gasteiger partial charge in [-0.1, -0.05) is 63.8 Å². The molecular formula is C21H30N2. The summed E-state index contributed by atoms with van der Waals surface area (Å²) in [4.78, 5) is 5.02. The quantitative estimate of drug-likeness (QED) is 0.707. The standard InChI is InChI=1S/C21H30N2/c1-16-9-8-12-18(13-16)19-15-23(20(22-19)21(2,3)4)14-17-10-6-5-7-11-17/h8-9,12-13,15,17H,5-7,10-11,14H2,1-4H3. The van der Waals surface area contributed by atoms with Crippen molar-refractivity contribution >= 4 is 0 Å². The average molecular weight is 310 g/mol. The summed E-state index contributed by atoms with van der Waals surface area (Å²) in [5.41, 5.74) is 3.73. The van der Waals surface area contributed by atoms with Gasteiger partial charge in [-0.15, -0.1) is 0 Å². The van der Waals surface area contributed by atoms with Crippen LogP contribution in [0.25, 0.3) is 11.3 Å². The number of rotatable bonds is 3. The summed E-state index contributed by atoms with van der Waals surface area (Å²) in [6, 6.07) is 8.68. The first-order chi connectivity index (χ1) is 10.9. The van der Waals surface area contributed by atoms with E-state index in [4.69, 9.17) is 4.98 Å². The number of imidazole rings is 1. The number of hydrogen-bond donors (Lipinski definition) is 0. The van der Waals surface area contributed by atoms with Crippen LogP contribution in [0.4, 0.5) is 0 Å². The maximum Gasteiger partial charge on any atom is 0.114 e. The minimum Gasteiger partial charge on any atom is -0.334 e. The summed E-state index contributed by atoms with van der Waals surface area (Å²) < 4.78 is 2.44. The minimum absolute atomic E-state index is 0.0801. The first-order valence-electron chi connectivity index (χ1n) is 9.08. The molecule has 0 aliphatic heterocycles. The summed E-state index contributed by atoms with van der Waals surface area (Å²) in [6.45, 7) is 10.1. The van der Waals surface area contributed by atoms with Crippen molar-refractivity contribution in [3.63, 3.8) is 0 Å². The molecule has 0 bridgehead atoms. The molecule has 0 spiro atoms. The predicted molar refractivity (Wildman–Crippen MR) is 97.7 cm³/mol. The third kappa shape index (κ3) is 3.85. The fraction of sp³-hybridized carbons (Fsp3) is 0.571. The highest BCUT2D eigenvalue weighted by Crippen LogP contribution is 2.30. The second kappa shape index (κ2) is 6.51. The van der Waals surface area contributed by atoms with Gasteiger partial charge in [-0.3, -0.25) is 0 Å². The molecule has 1 aliphatic rings. The molecule has 0 saturated heterocycles. The highest BCUT2D eigenvalue weighted by Gasteiger charge is 2.24. The van der Waals surface area contributed by atoms with Crippen molar-refractivity contribution in [2.24, 2.45) is 5.92 Å². The molecule has 1 heterocycles. The van der Waals surface area contributed by atoms with Crippen LogP contribution in [0.1, 0.15) is 64.3 Å². The molecule has 0 atom stereocenters. The van der Waals surface area contributed by atoms with E-state index in [1.807, 2.05) is 0 Å². The molecule has 0 amide bonds. The Bertz CT molecular complexity index is 655. The Morgan fingerprint density at radius 2 is 1.87 bits per heavy atom. The summed E-state index contributed by atoms with van der Waals surface area (Å²) in [5, 5.41) is 0. The summed E-state index contributed by atoms with van der Waals surface area (Å²) in [6.07, 6.45) is 9.25. The Kier molecular flexibility index (Phi) is 4.61. The molecule has 2 nitrogen and oxygen atoms in total. The zero-order valence-electron chi connectivity index (χ0n) is 15.1. The van der Waals surface area contributed by atoms with Crippen molar-refractivity contribution in [2.75, 3.05) is 0 Å². The molecule has 1 fully saturated rings. The van der Waals surface area contributed by atoms with E-state index in [2.05, 4.69) is 62.7 Å². The molecule has 0 N–H and O–H groups in total. The van der Waals surface area contributed by atoms with Gasteiger partial charge in [0.15, 0.2) is 0 Å². The largest absolute Gasteiger partial charge is 0.334 e. The minimum atomic E-state index is 0.0801. The third-order valence-corrected chi connectivity index (χ3v) is 4.94. The zero-order chi connectivity index (χ0) is 16.4. The van der Waals surface area contributed by atoms with Crippen LogP contribution in [0.3, 0.4) is 0 Å². The molecule has 23 heavy (non-hydrogen) atoms. The van der Waals surface area contributed by atoms with Crippen molar-refractivity contribution < 1.29 is 0 Å². The van der Waals surface area contributed by atoms with Crippen LogP contribution >= 0.6 is 0 Å². The van der Waals surface area contributed by atoms with E-state index in [0.717, 1.165) is 18.2 Å². The monoisotopic (exact) mass is 310 g/mol. The van der Waals surface area contributed by atoms with Gasteiger partial charge in [0.2, 0.25) is 0 Å². The number of hydrogen-bond acceptors (Lipinski definition) is 1.